The van der Waals surface area contributed by atoms with Gasteiger partial charge in [0, 0.05) is 18.4 Å². The first-order valence-corrected chi connectivity index (χ1v) is 7.63. The first-order chi connectivity index (χ1) is 10.1. The van der Waals surface area contributed by atoms with Gasteiger partial charge in [0.2, 0.25) is 0 Å². The second-order valence-corrected chi connectivity index (χ2v) is 5.75. The molecule has 1 N–H and O–H groups in total. The number of aliphatic hydroxyl groups is 1. The summed E-state index contributed by atoms with van der Waals surface area (Å²) in [4.78, 5) is 11.3. The highest BCUT2D eigenvalue weighted by Gasteiger charge is 2.25. The Morgan fingerprint density at radius 1 is 1.24 bits per heavy atom. The van der Waals surface area contributed by atoms with Gasteiger partial charge >= 0.3 is 0 Å². The lowest BCUT2D eigenvalue weighted by atomic mass is 9.96. The third-order valence-electron chi connectivity index (χ3n) is 3.64. The maximum absolute atomic E-state index is 11.3. The molecule has 1 saturated carbocycles. The number of aliphatic hydroxyl groups excluding tert-OH is 1. The van der Waals surface area contributed by atoms with Crippen LogP contribution < -0.4 is 4.74 Å². The predicted octanol–water partition coefficient (Wildman–Crippen LogP) is 3.04. The fourth-order valence-corrected chi connectivity index (χ4v) is 2.60. The van der Waals surface area contributed by atoms with Crippen molar-refractivity contribution in [3.05, 3.63) is 29.8 Å². The molecule has 0 unspecified atom stereocenters. The van der Waals surface area contributed by atoms with Crippen molar-refractivity contribution in [1.29, 1.82) is 0 Å². The molecule has 0 spiro atoms. The van der Waals surface area contributed by atoms with E-state index in [0.29, 0.717) is 18.6 Å². The molecule has 0 aromatic heterocycles. The molecule has 0 heterocycles. The largest absolute Gasteiger partial charge is 0.491 e. The minimum Gasteiger partial charge on any atom is -0.491 e. The van der Waals surface area contributed by atoms with Gasteiger partial charge in [0.15, 0.2) is 0 Å². The van der Waals surface area contributed by atoms with Crippen LogP contribution in [0.5, 0.6) is 5.75 Å². The van der Waals surface area contributed by atoms with E-state index in [1.807, 2.05) is 38.1 Å². The van der Waals surface area contributed by atoms with Gasteiger partial charge in [-0.25, -0.2) is 0 Å². The minimum atomic E-state index is -0.404. The molecule has 0 aliphatic heterocycles. The van der Waals surface area contributed by atoms with E-state index in [9.17, 15) is 9.90 Å². The third-order valence-corrected chi connectivity index (χ3v) is 3.64. The maximum Gasteiger partial charge on any atom is 0.133 e. The summed E-state index contributed by atoms with van der Waals surface area (Å²) in [5, 5.41) is 9.67. The number of carbonyl (C=O) groups is 1. The molecular weight excluding hydrogens is 268 g/mol. The Kier molecular flexibility index (Phi) is 5.76. The van der Waals surface area contributed by atoms with Crippen LogP contribution in [0.1, 0.15) is 51.2 Å². The van der Waals surface area contributed by atoms with Gasteiger partial charge in [-0.15, -0.1) is 0 Å². The smallest absolute Gasteiger partial charge is 0.133 e. The summed E-state index contributed by atoms with van der Waals surface area (Å²) in [7, 11) is 0. The van der Waals surface area contributed by atoms with Crippen molar-refractivity contribution in [3.8, 4) is 5.75 Å². The Morgan fingerprint density at radius 3 is 2.52 bits per heavy atom. The highest BCUT2D eigenvalue weighted by molar-refractivity contribution is 5.79. The zero-order valence-electron chi connectivity index (χ0n) is 12.7. The Labute approximate surface area is 126 Å². The molecule has 2 rings (SSSR count). The molecule has 0 bridgehead atoms. The predicted molar refractivity (Wildman–Crippen MR) is 80.4 cm³/mol. The highest BCUT2D eigenvalue weighted by atomic mass is 16.5. The third kappa shape index (κ3) is 4.55. The fourth-order valence-electron chi connectivity index (χ4n) is 2.60. The monoisotopic (exact) mass is 292 g/mol. The van der Waals surface area contributed by atoms with E-state index < -0.39 is 6.10 Å². The van der Waals surface area contributed by atoms with Crippen LogP contribution in [0.25, 0.3) is 0 Å². The fraction of sp³-hybridized carbons (Fsp3) is 0.588. The molecule has 0 saturated heterocycles. The topological polar surface area (TPSA) is 55.8 Å². The number of benzene rings is 1. The lowest BCUT2D eigenvalue weighted by Gasteiger charge is -2.27. The van der Waals surface area contributed by atoms with Crippen molar-refractivity contribution in [2.24, 2.45) is 0 Å². The molecule has 1 aromatic carbocycles. The Balaban J connectivity index is 2.08. The molecule has 1 aliphatic carbocycles. The van der Waals surface area contributed by atoms with Crippen LogP contribution in [0, 0.1) is 0 Å². The quantitative estimate of drug-likeness (QED) is 0.875. The molecule has 4 nitrogen and oxygen atoms in total. The minimum absolute atomic E-state index is 0.0342. The number of Topliss-reactive ketones (excluding diaryl/α,β-unsaturated/α-hetero) is 1. The molecule has 116 valence electrons. The zero-order valence-corrected chi connectivity index (χ0v) is 12.7. The standard InChI is InChI=1S/C17H24O4/c1-12(2)20-16-6-4-3-5-15(16)17(11-18)21-14-9-7-13(19)8-10-14/h3-6,12,14,17-18H,7-11H2,1-2H3/t17-/m0/s1. The van der Waals surface area contributed by atoms with E-state index in [0.717, 1.165) is 24.2 Å². The van der Waals surface area contributed by atoms with Crippen molar-refractivity contribution in [2.75, 3.05) is 6.61 Å². The van der Waals surface area contributed by atoms with E-state index in [1.54, 1.807) is 0 Å². The number of para-hydroxylation sites is 1. The summed E-state index contributed by atoms with van der Waals surface area (Å²) >= 11 is 0. The lowest BCUT2D eigenvalue weighted by Crippen LogP contribution is -2.25. The van der Waals surface area contributed by atoms with Crippen LogP contribution in [0.15, 0.2) is 24.3 Å². The van der Waals surface area contributed by atoms with Gasteiger partial charge in [-0.1, -0.05) is 18.2 Å². The van der Waals surface area contributed by atoms with Crippen molar-refractivity contribution in [1.82, 2.24) is 0 Å². The van der Waals surface area contributed by atoms with E-state index in [2.05, 4.69) is 0 Å². The Hall–Kier alpha value is -1.39. The van der Waals surface area contributed by atoms with Gasteiger partial charge < -0.3 is 14.6 Å². The molecule has 1 fully saturated rings. The summed E-state index contributed by atoms with van der Waals surface area (Å²) < 4.78 is 11.8. The van der Waals surface area contributed by atoms with Crippen molar-refractivity contribution >= 4 is 5.78 Å². The molecule has 0 radical (unpaired) electrons. The molecule has 1 aliphatic rings. The van der Waals surface area contributed by atoms with E-state index in [-0.39, 0.29) is 18.8 Å². The van der Waals surface area contributed by atoms with E-state index >= 15 is 0 Å². The molecule has 4 heteroatoms. The van der Waals surface area contributed by atoms with E-state index in [1.165, 1.54) is 0 Å². The number of rotatable bonds is 6. The molecule has 1 aromatic rings. The van der Waals surface area contributed by atoms with Gasteiger partial charge in [-0.05, 0) is 32.8 Å². The summed E-state index contributed by atoms with van der Waals surface area (Å²) in [6.07, 6.45) is 2.33. The van der Waals surface area contributed by atoms with Gasteiger partial charge in [0.25, 0.3) is 0 Å². The Bertz CT molecular complexity index is 460. The maximum atomic E-state index is 11.3. The zero-order chi connectivity index (χ0) is 15.2. The van der Waals surface area contributed by atoms with Crippen LogP contribution >= 0.6 is 0 Å². The number of hydrogen-bond acceptors (Lipinski definition) is 4. The molecule has 1 atom stereocenters. The van der Waals surface area contributed by atoms with E-state index in [4.69, 9.17) is 9.47 Å². The molecular formula is C17H24O4. The first kappa shape index (κ1) is 16.0. The summed E-state index contributed by atoms with van der Waals surface area (Å²) in [5.41, 5.74) is 0.866. The number of hydrogen-bond donors (Lipinski definition) is 1. The van der Waals surface area contributed by atoms with Gasteiger partial charge in [-0.2, -0.15) is 0 Å². The van der Waals surface area contributed by atoms with Gasteiger partial charge in [0.1, 0.15) is 17.6 Å². The van der Waals surface area contributed by atoms with Crippen LogP contribution in [-0.4, -0.2) is 29.7 Å². The van der Waals surface area contributed by atoms with Crippen LogP contribution in [-0.2, 0) is 9.53 Å². The second-order valence-electron chi connectivity index (χ2n) is 5.75. The SMILES string of the molecule is CC(C)Oc1ccccc1[C@H](CO)OC1CCC(=O)CC1. The average molecular weight is 292 g/mol. The normalized spacial score (nSPS) is 18.0. The second kappa shape index (κ2) is 7.57. The van der Waals surface area contributed by atoms with Crippen LogP contribution in [0.3, 0.4) is 0 Å². The van der Waals surface area contributed by atoms with Crippen molar-refractivity contribution in [3.63, 3.8) is 0 Å². The summed E-state index contributed by atoms with van der Waals surface area (Å²) in [6.45, 7) is 3.85. The van der Waals surface area contributed by atoms with Crippen LogP contribution in [0.4, 0.5) is 0 Å². The van der Waals surface area contributed by atoms with Gasteiger partial charge in [-0.3, -0.25) is 4.79 Å². The van der Waals surface area contributed by atoms with Crippen LogP contribution in [0.2, 0.25) is 0 Å². The number of carbonyl (C=O) groups excluding carboxylic acids is 1. The Morgan fingerprint density at radius 2 is 1.90 bits per heavy atom. The summed E-state index contributed by atoms with van der Waals surface area (Å²) in [6, 6.07) is 7.65. The number of ether oxygens (including phenoxy) is 2. The first-order valence-electron chi connectivity index (χ1n) is 7.63. The van der Waals surface area contributed by atoms with Gasteiger partial charge in [0.05, 0.1) is 18.8 Å². The summed E-state index contributed by atoms with van der Waals surface area (Å²) in [5.74, 6) is 1.05. The lowest BCUT2D eigenvalue weighted by molar-refractivity contribution is -0.125. The molecule has 21 heavy (non-hydrogen) atoms. The van der Waals surface area contributed by atoms with Crippen molar-refractivity contribution < 1.29 is 19.4 Å². The van der Waals surface area contributed by atoms with Crippen molar-refractivity contribution in [2.45, 2.75) is 57.8 Å². The average Bonchev–Trinajstić information content (AvgIpc) is 2.47. The highest BCUT2D eigenvalue weighted by Crippen LogP contribution is 2.31. The molecule has 0 amide bonds. The number of ketones is 1.